The summed E-state index contributed by atoms with van der Waals surface area (Å²) < 4.78 is 44.7. The van der Waals surface area contributed by atoms with Gasteiger partial charge in [0.2, 0.25) is 11.5 Å². The van der Waals surface area contributed by atoms with Crippen molar-refractivity contribution in [1.82, 2.24) is 10.3 Å². The minimum atomic E-state index is -4.41. The number of nitrogens with zero attached hydrogens (tertiary/aromatic N) is 2. The van der Waals surface area contributed by atoms with Crippen LogP contribution in [0.15, 0.2) is 28.9 Å². The number of aromatic nitrogens is 2. The van der Waals surface area contributed by atoms with Crippen molar-refractivity contribution < 1.29 is 27.3 Å². The first-order valence-corrected chi connectivity index (χ1v) is 5.54. The normalized spacial score (nSPS) is 11.2. The van der Waals surface area contributed by atoms with Gasteiger partial charge in [0.05, 0.1) is 0 Å². The van der Waals surface area contributed by atoms with Gasteiger partial charge in [-0.1, -0.05) is 0 Å². The first-order valence-electron chi connectivity index (χ1n) is 5.54. The molecular formula is C11H9F3N4O3. The zero-order chi connectivity index (χ0) is 15.5. The van der Waals surface area contributed by atoms with Crippen LogP contribution in [0.4, 0.5) is 24.7 Å². The number of nitrogens with two attached hydrogens (primary N) is 1. The van der Waals surface area contributed by atoms with Gasteiger partial charge in [-0.15, -0.1) is 0 Å². The predicted molar refractivity (Wildman–Crippen MR) is 64.7 cm³/mol. The maximum Gasteiger partial charge on any atom is 0.422 e. The first-order chi connectivity index (χ1) is 9.85. The van der Waals surface area contributed by atoms with Crippen LogP contribution in [0.25, 0.3) is 0 Å². The van der Waals surface area contributed by atoms with E-state index in [0.29, 0.717) is 5.69 Å². The van der Waals surface area contributed by atoms with Gasteiger partial charge in [-0.25, -0.2) is 4.63 Å². The van der Waals surface area contributed by atoms with Crippen LogP contribution in [0.1, 0.15) is 10.5 Å². The highest BCUT2D eigenvalue weighted by atomic mass is 19.4. The number of benzene rings is 1. The van der Waals surface area contributed by atoms with Crippen LogP contribution in [-0.4, -0.2) is 29.0 Å². The van der Waals surface area contributed by atoms with Crippen LogP contribution in [0.5, 0.6) is 5.75 Å². The lowest BCUT2D eigenvalue weighted by Crippen LogP contribution is -2.19. The van der Waals surface area contributed by atoms with Crippen LogP contribution in [0, 0.1) is 0 Å². The lowest BCUT2D eigenvalue weighted by Gasteiger charge is -2.09. The Hall–Kier alpha value is -2.78. The second-order valence-corrected chi connectivity index (χ2v) is 3.88. The number of anilines is 2. The summed E-state index contributed by atoms with van der Waals surface area (Å²) in [6.45, 7) is -1.39. The summed E-state index contributed by atoms with van der Waals surface area (Å²) >= 11 is 0. The molecule has 1 aromatic heterocycles. The van der Waals surface area contributed by atoms with E-state index in [2.05, 4.69) is 25.0 Å². The molecule has 1 heterocycles. The van der Waals surface area contributed by atoms with Crippen molar-refractivity contribution in [3.8, 4) is 5.75 Å². The average Bonchev–Trinajstić information content (AvgIpc) is 2.83. The van der Waals surface area contributed by atoms with Crippen LogP contribution in [0.3, 0.4) is 0 Å². The number of amides is 1. The van der Waals surface area contributed by atoms with Crippen LogP contribution in [0.2, 0.25) is 0 Å². The standard InChI is InChI=1S/C11H9F3N4O3/c12-11(13,14)5-20-7-3-1-6(2-4-7)16-10(19)8-9(15)18-21-17-8/h1-4H,5H2,(H2,15,18)(H,16,19). The fraction of sp³-hybridized carbons (Fsp3) is 0.182. The van der Waals surface area contributed by atoms with Crippen molar-refractivity contribution in [3.05, 3.63) is 30.0 Å². The van der Waals surface area contributed by atoms with E-state index in [4.69, 9.17) is 5.73 Å². The largest absolute Gasteiger partial charge is 0.484 e. The predicted octanol–water partition coefficient (Wildman–Crippen LogP) is 1.85. The number of carbonyl (C=O) groups excluding carboxylic acids is 1. The maximum atomic E-state index is 12.0. The molecule has 7 nitrogen and oxygen atoms in total. The summed E-state index contributed by atoms with van der Waals surface area (Å²) in [6.07, 6.45) is -4.41. The third-order valence-electron chi connectivity index (χ3n) is 2.24. The van der Waals surface area contributed by atoms with Crippen molar-refractivity contribution in [2.45, 2.75) is 6.18 Å². The SMILES string of the molecule is Nc1nonc1C(=O)Nc1ccc(OCC(F)(F)F)cc1. The number of carbonyl (C=O) groups is 1. The van der Waals surface area contributed by atoms with Gasteiger partial charge in [0.25, 0.3) is 5.91 Å². The van der Waals surface area contributed by atoms with Crippen LogP contribution >= 0.6 is 0 Å². The van der Waals surface area contributed by atoms with Gasteiger partial charge in [0, 0.05) is 5.69 Å². The molecule has 0 fully saturated rings. The number of rotatable bonds is 4. The first kappa shape index (κ1) is 14.6. The average molecular weight is 302 g/mol. The molecule has 0 atom stereocenters. The number of hydrogen-bond acceptors (Lipinski definition) is 6. The number of halogens is 3. The quantitative estimate of drug-likeness (QED) is 0.893. The highest BCUT2D eigenvalue weighted by molar-refractivity contribution is 6.05. The van der Waals surface area contributed by atoms with E-state index in [1.165, 1.54) is 24.3 Å². The molecule has 0 aliphatic heterocycles. The molecular weight excluding hydrogens is 293 g/mol. The number of nitrogen functional groups attached to an aromatic ring is 1. The van der Waals surface area contributed by atoms with E-state index >= 15 is 0 Å². The van der Waals surface area contributed by atoms with Crippen LogP contribution in [-0.2, 0) is 0 Å². The maximum absolute atomic E-state index is 12.0. The van der Waals surface area contributed by atoms with Gasteiger partial charge in [-0.2, -0.15) is 13.2 Å². The fourth-order valence-corrected chi connectivity index (χ4v) is 1.34. The van der Waals surface area contributed by atoms with Crippen molar-refractivity contribution in [2.24, 2.45) is 0 Å². The summed E-state index contributed by atoms with van der Waals surface area (Å²) in [5.74, 6) is -0.803. The molecule has 0 bridgehead atoms. The molecule has 0 aliphatic rings. The summed E-state index contributed by atoms with van der Waals surface area (Å²) in [5.41, 5.74) is 5.48. The Morgan fingerprint density at radius 3 is 2.48 bits per heavy atom. The number of hydrogen-bond donors (Lipinski definition) is 2. The molecule has 112 valence electrons. The highest BCUT2D eigenvalue weighted by Crippen LogP contribution is 2.20. The second kappa shape index (κ2) is 5.69. The van der Waals surface area contributed by atoms with Crippen molar-refractivity contribution in [2.75, 3.05) is 17.7 Å². The number of nitrogens with one attached hydrogen (secondary N) is 1. The molecule has 1 amide bonds. The summed E-state index contributed by atoms with van der Waals surface area (Å²) in [5, 5.41) is 8.98. The Balaban J connectivity index is 1.96. The minimum absolute atomic E-state index is 0.0212. The Bertz CT molecular complexity index is 624. The second-order valence-electron chi connectivity index (χ2n) is 3.88. The Morgan fingerprint density at radius 1 is 1.29 bits per heavy atom. The Kier molecular flexibility index (Phi) is 3.96. The van der Waals surface area contributed by atoms with E-state index in [1.807, 2.05) is 0 Å². The van der Waals surface area contributed by atoms with Gasteiger partial charge in [0.15, 0.2) is 6.61 Å². The smallest absolute Gasteiger partial charge is 0.422 e. The van der Waals surface area contributed by atoms with E-state index in [1.54, 1.807) is 0 Å². The van der Waals surface area contributed by atoms with E-state index in [-0.39, 0.29) is 17.3 Å². The van der Waals surface area contributed by atoms with Gasteiger partial charge in [-0.05, 0) is 34.6 Å². The van der Waals surface area contributed by atoms with Gasteiger partial charge >= 0.3 is 6.18 Å². The monoisotopic (exact) mass is 302 g/mol. The lowest BCUT2D eigenvalue weighted by molar-refractivity contribution is -0.153. The third-order valence-corrected chi connectivity index (χ3v) is 2.24. The number of ether oxygens (including phenoxy) is 1. The highest BCUT2D eigenvalue weighted by Gasteiger charge is 2.28. The summed E-state index contributed by atoms with van der Waals surface area (Å²) in [6, 6.07) is 5.30. The van der Waals surface area contributed by atoms with Crippen molar-refractivity contribution in [3.63, 3.8) is 0 Å². The van der Waals surface area contributed by atoms with Gasteiger partial charge in [0.1, 0.15) is 5.75 Å². The molecule has 2 aromatic rings. The zero-order valence-corrected chi connectivity index (χ0v) is 10.3. The molecule has 1 aromatic carbocycles. The molecule has 0 saturated carbocycles. The molecule has 10 heteroatoms. The third kappa shape index (κ3) is 4.09. The molecule has 0 aliphatic carbocycles. The molecule has 0 spiro atoms. The molecule has 0 unspecified atom stereocenters. The Labute approximate surface area is 115 Å². The fourth-order valence-electron chi connectivity index (χ4n) is 1.34. The molecule has 3 N–H and O–H groups in total. The summed E-state index contributed by atoms with van der Waals surface area (Å²) in [4.78, 5) is 11.7. The number of alkyl halides is 3. The van der Waals surface area contributed by atoms with Crippen LogP contribution < -0.4 is 15.8 Å². The zero-order valence-electron chi connectivity index (χ0n) is 10.3. The Morgan fingerprint density at radius 2 is 1.95 bits per heavy atom. The molecule has 2 rings (SSSR count). The molecule has 21 heavy (non-hydrogen) atoms. The topological polar surface area (TPSA) is 103 Å². The van der Waals surface area contributed by atoms with Crippen molar-refractivity contribution in [1.29, 1.82) is 0 Å². The van der Waals surface area contributed by atoms with Crippen molar-refractivity contribution >= 4 is 17.4 Å². The van der Waals surface area contributed by atoms with E-state index in [0.717, 1.165) is 0 Å². The summed E-state index contributed by atoms with van der Waals surface area (Å²) in [7, 11) is 0. The lowest BCUT2D eigenvalue weighted by atomic mass is 10.3. The van der Waals surface area contributed by atoms with Gasteiger partial charge in [-0.3, -0.25) is 4.79 Å². The van der Waals surface area contributed by atoms with Gasteiger partial charge < -0.3 is 15.8 Å². The molecule has 0 saturated heterocycles. The minimum Gasteiger partial charge on any atom is -0.484 e. The van der Waals surface area contributed by atoms with E-state index in [9.17, 15) is 18.0 Å². The molecule has 0 radical (unpaired) electrons. The van der Waals surface area contributed by atoms with E-state index < -0.39 is 18.7 Å².